The number of carbonyl (C=O) groups is 2. The number of ether oxygens (including phenoxy) is 1. The minimum absolute atomic E-state index is 0.0512. The van der Waals surface area contributed by atoms with Crippen molar-refractivity contribution in [3.8, 4) is 5.75 Å². The minimum atomic E-state index is -3.85. The maximum absolute atomic E-state index is 13.4. The van der Waals surface area contributed by atoms with Crippen LogP contribution in [-0.4, -0.2) is 74.2 Å². The monoisotopic (exact) mass is 580 g/mol. The van der Waals surface area contributed by atoms with Crippen LogP contribution < -0.4 is 14.8 Å². The summed E-state index contributed by atoms with van der Waals surface area (Å²) in [5.74, 6) is -0.00231. The number of nitrogens with zero attached hydrogens (tertiary/aromatic N) is 2. The molecule has 3 N–H and O–H groups in total. The van der Waals surface area contributed by atoms with Crippen molar-refractivity contribution in [1.29, 1.82) is 0 Å². The van der Waals surface area contributed by atoms with Crippen molar-refractivity contribution in [3.63, 3.8) is 0 Å². The van der Waals surface area contributed by atoms with Gasteiger partial charge in [-0.3, -0.25) is 9.52 Å². The molecule has 3 amide bonds. The normalized spacial score (nSPS) is 18.1. The second-order valence-electron chi connectivity index (χ2n) is 10.3. The number of aliphatic hydroxyl groups is 1. The van der Waals surface area contributed by atoms with E-state index in [4.69, 9.17) is 4.74 Å². The Kier molecular flexibility index (Phi) is 9.51. The fourth-order valence-electron chi connectivity index (χ4n) is 4.62. The van der Waals surface area contributed by atoms with Crippen LogP contribution in [0.15, 0.2) is 83.8 Å². The zero-order valence-corrected chi connectivity index (χ0v) is 24.2. The van der Waals surface area contributed by atoms with Crippen LogP contribution >= 0.6 is 0 Å². The van der Waals surface area contributed by atoms with Gasteiger partial charge in [-0.1, -0.05) is 43.3 Å². The molecule has 11 heteroatoms. The average molecular weight is 581 g/mol. The predicted octanol–water partition coefficient (Wildman–Crippen LogP) is 3.80. The lowest BCUT2D eigenvalue weighted by atomic mass is 10.0. The Balaban J connectivity index is 1.62. The molecule has 0 spiro atoms. The lowest BCUT2D eigenvalue weighted by Crippen LogP contribution is -2.48. The van der Waals surface area contributed by atoms with Gasteiger partial charge in [0.05, 0.1) is 30.5 Å². The summed E-state index contributed by atoms with van der Waals surface area (Å²) in [6.45, 7) is 4.01. The highest BCUT2D eigenvalue weighted by Gasteiger charge is 2.32. The number of sulfonamides is 1. The van der Waals surface area contributed by atoms with Crippen LogP contribution in [0.1, 0.15) is 19.4 Å². The van der Waals surface area contributed by atoms with E-state index in [1.54, 1.807) is 67.4 Å². The number of likely N-dealkylation sites (N-methyl/N-ethyl adjacent to an activating group) is 1. The molecule has 1 heterocycles. The highest BCUT2D eigenvalue weighted by molar-refractivity contribution is 7.92. The largest absolute Gasteiger partial charge is 0.488 e. The fraction of sp³-hybridized carbons (Fsp3) is 0.333. The summed E-state index contributed by atoms with van der Waals surface area (Å²) in [6.07, 6.45) is -0.559. The topological polar surface area (TPSA) is 128 Å². The SMILES string of the molecule is C[C@H](CO)N1C[C@H](C)[C@@H](CN(C)C(=O)Nc2ccccc2)Oc2ccc(NS(=O)(=O)c3ccccc3)cc2CC1=O. The highest BCUT2D eigenvalue weighted by Crippen LogP contribution is 2.30. The molecule has 0 fully saturated rings. The molecule has 41 heavy (non-hydrogen) atoms. The van der Waals surface area contributed by atoms with Crippen molar-refractivity contribution < 1.29 is 27.9 Å². The van der Waals surface area contributed by atoms with E-state index in [0.29, 0.717) is 23.5 Å². The Morgan fingerprint density at radius 1 is 1.07 bits per heavy atom. The zero-order valence-electron chi connectivity index (χ0n) is 23.4. The van der Waals surface area contributed by atoms with Crippen molar-refractivity contribution in [3.05, 3.63) is 84.4 Å². The molecule has 3 aromatic rings. The molecule has 0 bridgehead atoms. The molecule has 0 aromatic heterocycles. The van der Waals surface area contributed by atoms with E-state index >= 15 is 0 Å². The van der Waals surface area contributed by atoms with Crippen molar-refractivity contribution in [1.82, 2.24) is 9.80 Å². The molecule has 3 aromatic carbocycles. The Morgan fingerprint density at radius 3 is 2.39 bits per heavy atom. The summed E-state index contributed by atoms with van der Waals surface area (Å²) in [4.78, 5) is 29.6. The van der Waals surface area contributed by atoms with Gasteiger partial charge in [0.25, 0.3) is 10.0 Å². The Labute approximate surface area is 241 Å². The predicted molar refractivity (Wildman–Crippen MR) is 157 cm³/mol. The van der Waals surface area contributed by atoms with Crippen LogP contribution in [0.5, 0.6) is 5.75 Å². The third-order valence-electron chi connectivity index (χ3n) is 7.05. The summed E-state index contributed by atoms with van der Waals surface area (Å²) in [6, 6.07) is 21.2. The van der Waals surface area contributed by atoms with Gasteiger partial charge in [-0.15, -0.1) is 0 Å². The maximum atomic E-state index is 13.4. The van der Waals surface area contributed by atoms with Gasteiger partial charge in [0.2, 0.25) is 5.91 Å². The second-order valence-corrected chi connectivity index (χ2v) is 12.0. The first kappa shape index (κ1) is 29.9. The molecular formula is C30H36N4O6S. The Bertz CT molecular complexity index is 1450. The first-order valence-electron chi connectivity index (χ1n) is 13.4. The van der Waals surface area contributed by atoms with Crippen molar-refractivity contribution in [2.24, 2.45) is 5.92 Å². The van der Waals surface area contributed by atoms with Gasteiger partial charge in [0, 0.05) is 36.4 Å². The van der Waals surface area contributed by atoms with Gasteiger partial charge in [0.15, 0.2) is 0 Å². The number of benzene rings is 3. The van der Waals surface area contributed by atoms with Crippen LogP contribution in [0.2, 0.25) is 0 Å². The fourth-order valence-corrected chi connectivity index (χ4v) is 5.69. The molecule has 3 atom stereocenters. The van der Waals surface area contributed by atoms with E-state index in [1.807, 2.05) is 25.1 Å². The van der Waals surface area contributed by atoms with Crippen LogP contribution in [0.25, 0.3) is 0 Å². The first-order valence-corrected chi connectivity index (χ1v) is 14.9. The lowest BCUT2D eigenvalue weighted by molar-refractivity contribution is -0.134. The van der Waals surface area contributed by atoms with E-state index < -0.39 is 22.2 Å². The molecule has 0 unspecified atom stereocenters. The van der Waals surface area contributed by atoms with Gasteiger partial charge in [-0.2, -0.15) is 0 Å². The number of hydrogen-bond acceptors (Lipinski definition) is 6. The van der Waals surface area contributed by atoms with E-state index in [0.717, 1.165) is 0 Å². The highest BCUT2D eigenvalue weighted by atomic mass is 32.2. The van der Waals surface area contributed by atoms with Crippen LogP contribution in [0.3, 0.4) is 0 Å². The molecule has 10 nitrogen and oxygen atoms in total. The average Bonchev–Trinajstić information content (AvgIpc) is 3.01. The van der Waals surface area contributed by atoms with Gasteiger partial charge in [-0.05, 0) is 49.4 Å². The number of carbonyl (C=O) groups excluding carboxylic acids is 2. The van der Waals surface area contributed by atoms with Gasteiger partial charge < -0.3 is 25.0 Å². The molecule has 0 saturated heterocycles. The van der Waals surface area contributed by atoms with Crippen molar-refractivity contribution >= 4 is 33.3 Å². The number of anilines is 2. The van der Waals surface area contributed by atoms with Crippen LogP contribution in [-0.2, 0) is 21.2 Å². The van der Waals surface area contributed by atoms with Gasteiger partial charge in [-0.25, -0.2) is 13.2 Å². The zero-order chi connectivity index (χ0) is 29.6. The molecule has 0 radical (unpaired) electrons. The van der Waals surface area contributed by atoms with E-state index in [1.165, 1.54) is 17.0 Å². The Morgan fingerprint density at radius 2 is 1.73 bits per heavy atom. The van der Waals surface area contributed by atoms with E-state index in [-0.39, 0.29) is 48.0 Å². The number of urea groups is 1. The number of rotatable bonds is 8. The van der Waals surface area contributed by atoms with E-state index in [2.05, 4.69) is 10.0 Å². The van der Waals surface area contributed by atoms with E-state index in [9.17, 15) is 23.1 Å². The summed E-state index contributed by atoms with van der Waals surface area (Å²) in [5.41, 5.74) is 1.44. The lowest BCUT2D eigenvalue weighted by Gasteiger charge is -2.34. The minimum Gasteiger partial charge on any atom is -0.488 e. The number of para-hydroxylation sites is 1. The molecule has 1 aliphatic rings. The number of aliphatic hydroxyl groups excluding tert-OH is 1. The van der Waals surface area contributed by atoms with Crippen molar-refractivity contribution in [2.75, 3.05) is 36.8 Å². The summed E-state index contributed by atoms with van der Waals surface area (Å²) >= 11 is 0. The van der Waals surface area contributed by atoms with Crippen molar-refractivity contribution in [2.45, 2.75) is 37.3 Å². The quantitative estimate of drug-likeness (QED) is 0.372. The summed E-state index contributed by atoms with van der Waals surface area (Å²) < 4.78 is 34.8. The summed E-state index contributed by atoms with van der Waals surface area (Å²) in [7, 11) is -2.18. The van der Waals surface area contributed by atoms with Crippen LogP contribution in [0.4, 0.5) is 16.2 Å². The number of hydrogen-bond donors (Lipinski definition) is 3. The Hall–Kier alpha value is -4.09. The molecule has 218 valence electrons. The molecule has 4 rings (SSSR count). The number of fused-ring (bicyclic) bond motifs is 1. The smallest absolute Gasteiger partial charge is 0.321 e. The third kappa shape index (κ3) is 7.56. The van der Waals surface area contributed by atoms with Crippen LogP contribution in [0, 0.1) is 5.92 Å². The molecular weight excluding hydrogens is 544 g/mol. The second kappa shape index (κ2) is 13.0. The standard InChI is InChI=1S/C30H36N4O6S/c1-21-18-34(22(2)20-35)29(36)17-23-16-25(32-41(38,39)26-12-8-5-9-13-26)14-15-27(23)40-28(21)19-33(3)30(37)31-24-10-6-4-7-11-24/h4-16,21-22,28,32,35H,17-20H2,1-3H3,(H,31,37)/t21-,22+,28+/m0/s1. The number of amides is 3. The van der Waals surface area contributed by atoms with Gasteiger partial charge >= 0.3 is 6.03 Å². The van der Waals surface area contributed by atoms with Gasteiger partial charge in [0.1, 0.15) is 11.9 Å². The maximum Gasteiger partial charge on any atom is 0.321 e. The third-order valence-corrected chi connectivity index (χ3v) is 8.44. The molecule has 0 saturated carbocycles. The number of nitrogens with one attached hydrogen (secondary N) is 2. The molecule has 0 aliphatic carbocycles. The summed E-state index contributed by atoms with van der Waals surface area (Å²) in [5, 5.41) is 12.7. The first-order chi connectivity index (χ1) is 19.6. The molecule has 1 aliphatic heterocycles.